The van der Waals surface area contributed by atoms with Gasteiger partial charge in [0.25, 0.3) is 5.75 Å². The average molecular weight is 172 g/mol. The highest BCUT2D eigenvalue weighted by Crippen LogP contribution is 2.42. The monoisotopic (exact) mass is 172 g/mol. The third kappa shape index (κ3) is 0.931. The number of carbonyl (C=O) groups is 1. The summed E-state index contributed by atoms with van der Waals surface area (Å²) in [5.74, 6) is 0.346. The Hall–Kier alpha value is -1.85. The molecule has 1 aliphatic heterocycles. The molecule has 12 heavy (non-hydrogen) atoms. The molecule has 0 saturated heterocycles. The van der Waals surface area contributed by atoms with Crippen LogP contribution in [0.25, 0.3) is 0 Å². The number of rotatable bonds is 1. The van der Waals surface area contributed by atoms with Gasteiger partial charge in [-0.1, -0.05) is 0 Å². The number of hydrogen-bond donors (Lipinski definition) is 1. The molecule has 0 atom stereocenters. The van der Waals surface area contributed by atoms with Crippen LogP contribution < -0.4 is 14.2 Å². The summed E-state index contributed by atoms with van der Waals surface area (Å²) in [5, 5.41) is 8.26. The average Bonchev–Trinajstić information content (AvgIpc) is 2.52. The summed E-state index contributed by atoms with van der Waals surface area (Å²) in [6, 6.07) is 0. The lowest BCUT2D eigenvalue weighted by atomic mass is 10.5. The lowest BCUT2D eigenvalue weighted by molar-refractivity contribution is 0.131. The van der Waals surface area contributed by atoms with Crippen molar-refractivity contribution in [2.24, 2.45) is 0 Å². The van der Waals surface area contributed by atoms with E-state index in [2.05, 4.69) is 4.74 Å². The molecule has 0 spiro atoms. The highest BCUT2D eigenvalue weighted by atomic mass is 16.8. The lowest BCUT2D eigenvalue weighted by Gasteiger charge is -1.95. The van der Waals surface area contributed by atoms with Crippen molar-refractivity contribution in [1.29, 1.82) is 0 Å². The fourth-order valence-corrected chi connectivity index (χ4v) is 0.851. The van der Waals surface area contributed by atoms with Crippen LogP contribution in [0.3, 0.4) is 0 Å². The van der Waals surface area contributed by atoms with Crippen LogP contribution in [0, 0.1) is 0 Å². The number of furan rings is 1. The molecule has 1 aromatic rings. The van der Waals surface area contributed by atoms with Crippen molar-refractivity contribution in [2.45, 2.75) is 0 Å². The Morgan fingerprint density at radius 2 is 2.42 bits per heavy atom. The van der Waals surface area contributed by atoms with Gasteiger partial charge >= 0.3 is 12.1 Å². The first-order valence-electron chi connectivity index (χ1n) is 3.05. The molecule has 6 heteroatoms. The zero-order valence-electron chi connectivity index (χ0n) is 5.77. The molecule has 6 nitrogen and oxygen atoms in total. The molecule has 0 unspecified atom stereocenters. The molecular weight excluding hydrogens is 168 g/mol. The fraction of sp³-hybridized carbons (Fsp3) is 0.167. The predicted octanol–water partition coefficient (Wildman–Crippen LogP) is 1.07. The van der Waals surface area contributed by atoms with E-state index in [9.17, 15) is 4.79 Å². The van der Waals surface area contributed by atoms with Crippen LogP contribution in [-0.2, 0) is 0 Å². The second kappa shape index (κ2) is 2.33. The second-order valence-electron chi connectivity index (χ2n) is 1.99. The van der Waals surface area contributed by atoms with Crippen LogP contribution in [0.1, 0.15) is 0 Å². The number of hydrogen-bond acceptors (Lipinski definition) is 5. The molecule has 64 valence electrons. The molecule has 0 radical (unpaired) electrons. The Kier molecular flexibility index (Phi) is 1.33. The quantitative estimate of drug-likeness (QED) is 0.638. The molecule has 2 rings (SSSR count). The van der Waals surface area contributed by atoms with Crippen molar-refractivity contribution in [1.82, 2.24) is 0 Å². The van der Waals surface area contributed by atoms with E-state index >= 15 is 0 Å². The zero-order chi connectivity index (χ0) is 8.55. The van der Waals surface area contributed by atoms with Gasteiger partial charge in [0.05, 0.1) is 0 Å². The zero-order valence-corrected chi connectivity index (χ0v) is 5.77. The summed E-state index contributed by atoms with van der Waals surface area (Å²) in [4.78, 5) is 10.1. The second-order valence-corrected chi connectivity index (χ2v) is 1.99. The molecule has 0 saturated carbocycles. The van der Waals surface area contributed by atoms with E-state index in [1.807, 2.05) is 0 Å². The van der Waals surface area contributed by atoms with Gasteiger partial charge in [0, 0.05) is 0 Å². The van der Waals surface area contributed by atoms with Gasteiger partial charge in [-0.25, -0.2) is 4.79 Å². The molecule has 1 aliphatic rings. The van der Waals surface area contributed by atoms with E-state index in [0.717, 1.165) is 6.26 Å². The summed E-state index contributed by atoms with van der Waals surface area (Å²) in [6.45, 7) is 0.0188. The van der Waals surface area contributed by atoms with E-state index in [1.165, 1.54) is 0 Å². The van der Waals surface area contributed by atoms with Gasteiger partial charge in [-0.05, 0) is 0 Å². The first-order valence-corrected chi connectivity index (χ1v) is 3.05. The SMILES string of the molecule is O=C(O)Oc1coc2c1OCO2. The van der Waals surface area contributed by atoms with Crippen LogP contribution in [0.4, 0.5) is 4.79 Å². The van der Waals surface area contributed by atoms with Gasteiger partial charge in [-0.15, -0.1) is 0 Å². The molecule has 0 fully saturated rings. The Balaban J connectivity index is 2.27. The van der Waals surface area contributed by atoms with Gasteiger partial charge in [-0.3, -0.25) is 0 Å². The van der Waals surface area contributed by atoms with Crippen molar-refractivity contribution in [3.05, 3.63) is 6.26 Å². The van der Waals surface area contributed by atoms with Crippen molar-refractivity contribution in [3.63, 3.8) is 0 Å². The van der Waals surface area contributed by atoms with Crippen LogP contribution in [0.15, 0.2) is 10.7 Å². The molecule has 0 aliphatic carbocycles. The van der Waals surface area contributed by atoms with Gasteiger partial charge in [-0.2, -0.15) is 0 Å². The molecule has 0 aromatic carbocycles. The molecule has 1 N–H and O–H groups in total. The normalized spacial score (nSPS) is 13.0. The van der Waals surface area contributed by atoms with E-state index in [0.29, 0.717) is 0 Å². The first-order chi connectivity index (χ1) is 5.77. The largest absolute Gasteiger partial charge is 0.511 e. The summed E-state index contributed by atoms with van der Waals surface area (Å²) < 4.78 is 18.8. The third-order valence-electron chi connectivity index (χ3n) is 1.27. The Labute approximate surface area is 66.2 Å². The fourth-order valence-electron chi connectivity index (χ4n) is 0.851. The highest BCUT2D eigenvalue weighted by Gasteiger charge is 2.25. The van der Waals surface area contributed by atoms with Gasteiger partial charge in [0.15, 0.2) is 0 Å². The minimum Gasteiger partial charge on any atom is -0.449 e. The van der Waals surface area contributed by atoms with Crippen molar-refractivity contribution in [2.75, 3.05) is 6.79 Å². The molecule has 2 heterocycles. The minimum atomic E-state index is -1.42. The minimum absolute atomic E-state index is 0.00926. The maximum atomic E-state index is 10.1. The van der Waals surface area contributed by atoms with Crippen LogP contribution in [-0.4, -0.2) is 18.1 Å². The number of ether oxygens (including phenoxy) is 3. The van der Waals surface area contributed by atoms with Gasteiger partial charge < -0.3 is 23.7 Å². The van der Waals surface area contributed by atoms with Crippen LogP contribution in [0.2, 0.25) is 0 Å². The standard InChI is InChI=1S/C6H4O6/c7-6(8)12-3-1-9-5-4(3)10-2-11-5/h1H,2H2,(H,7,8). The molecule has 0 amide bonds. The van der Waals surface area contributed by atoms with Crippen molar-refractivity contribution < 1.29 is 28.5 Å². The molecular formula is C6H4O6. The first kappa shape index (κ1) is 6.84. The lowest BCUT2D eigenvalue weighted by Crippen LogP contribution is -2.03. The summed E-state index contributed by atoms with van der Waals surface area (Å²) in [6.07, 6.45) is -0.313. The van der Waals surface area contributed by atoms with E-state index < -0.39 is 6.16 Å². The Morgan fingerprint density at radius 1 is 1.58 bits per heavy atom. The predicted molar refractivity (Wildman–Crippen MR) is 33.5 cm³/mol. The van der Waals surface area contributed by atoms with Crippen molar-refractivity contribution in [3.8, 4) is 17.4 Å². The highest BCUT2D eigenvalue weighted by molar-refractivity contribution is 5.63. The molecule has 1 aromatic heterocycles. The summed E-state index contributed by atoms with van der Waals surface area (Å²) in [5.41, 5.74) is 0. The summed E-state index contributed by atoms with van der Waals surface area (Å²) >= 11 is 0. The van der Waals surface area contributed by atoms with Gasteiger partial charge in [0.1, 0.15) is 6.26 Å². The maximum absolute atomic E-state index is 10.1. The van der Waals surface area contributed by atoms with Crippen LogP contribution >= 0.6 is 0 Å². The number of carboxylic acid groups (broad SMARTS) is 1. The Morgan fingerprint density at radius 3 is 3.17 bits per heavy atom. The summed E-state index contributed by atoms with van der Waals surface area (Å²) in [7, 11) is 0. The topological polar surface area (TPSA) is 78.1 Å². The number of fused-ring (bicyclic) bond motifs is 1. The van der Waals surface area contributed by atoms with Gasteiger partial charge in [0.2, 0.25) is 12.5 Å². The smallest absolute Gasteiger partial charge is 0.449 e. The third-order valence-corrected chi connectivity index (χ3v) is 1.27. The van der Waals surface area contributed by atoms with E-state index in [1.54, 1.807) is 0 Å². The maximum Gasteiger partial charge on any atom is 0.511 e. The molecule has 0 bridgehead atoms. The van der Waals surface area contributed by atoms with Crippen LogP contribution in [0.5, 0.6) is 17.4 Å². The van der Waals surface area contributed by atoms with E-state index in [-0.39, 0.29) is 24.2 Å². The van der Waals surface area contributed by atoms with Crippen molar-refractivity contribution >= 4 is 6.16 Å². The Bertz CT molecular complexity index is 314. The van der Waals surface area contributed by atoms with E-state index in [4.69, 9.17) is 19.0 Å².